The maximum Gasteiger partial charge on any atom is 0.279 e. The Balaban J connectivity index is 1.84. The molecule has 2 aromatic rings. The molecule has 2 rings (SSSR count). The summed E-state index contributed by atoms with van der Waals surface area (Å²) >= 11 is 0. The van der Waals surface area contributed by atoms with Crippen molar-refractivity contribution < 1.29 is 19.2 Å². The van der Waals surface area contributed by atoms with Crippen molar-refractivity contribution >= 4 is 11.6 Å². The Bertz CT molecular complexity index is 656. The van der Waals surface area contributed by atoms with Crippen LogP contribution in [0.25, 0.3) is 0 Å². The van der Waals surface area contributed by atoms with E-state index in [0.717, 1.165) is 34.2 Å². The average molecular weight is 329 g/mol. The van der Waals surface area contributed by atoms with Crippen LogP contribution in [-0.2, 0) is 11.3 Å². The monoisotopic (exact) mass is 329 g/mol. The van der Waals surface area contributed by atoms with Crippen LogP contribution in [0.2, 0.25) is 0 Å². The molecule has 1 unspecified atom stereocenters. The Morgan fingerprint density at radius 3 is 2.54 bits per heavy atom. The molecule has 1 atom stereocenters. The highest BCUT2D eigenvalue weighted by Gasteiger charge is 2.11. The normalized spacial score (nSPS) is 11.6. The second-order valence-electron chi connectivity index (χ2n) is 5.67. The number of ether oxygens (including phenoxy) is 2. The van der Waals surface area contributed by atoms with E-state index in [0.29, 0.717) is 13.2 Å². The van der Waals surface area contributed by atoms with E-state index in [2.05, 4.69) is 5.32 Å². The summed E-state index contributed by atoms with van der Waals surface area (Å²) < 4.78 is 10.6. The molecule has 0 radical (unpaired) electrons. The number of quaternary nitrogens is 1. The first-order valence-electron chi connectivity index (χ1n) is 8.07. The molecule has 0 aliphatic carbocycles. The van der Waals surface area contributed by atoms with Gasteiger partial charge in [0.15, 0.2) is 6.54 Å². The van der Waals surface area contributed by atoms with Crippen molar-refractivity contribution in [3.63, 3.8) is 0 Å². The SMILES string of the molecule is CCOc1ccc(NC(=O)C[NH+](C)Cc2cccc(OC)c2)cc1. The van der Waals surface area contributed by atoms with Crippen molar-refractivity contribution in [2.75, 3.05) is 32.6 Å². The van der Waals surface area contributed by atoms with Crippen LogP contribution in [0.15, 0.2) is 48.5 Å². The molecule has 5 heteroatoms. The molecule has 0 spiro atoms. The fourth-order valence-electron chi connectivity index (χ4n) is 2.47. The van der Waals surface area contributed by atoms with Gasteiger partial charge >= 0.3 is 0 Å². The predicted octanol–water partition coefficient (Wildman–Crippen LogP) is 1.75. The highest BCUT2D eigenvalue weighted by Crippen LogP contribution is 2.15. The second kappa shape index (κ2) is 8.93. The van der Waals surface area contributed by atoms with Gasteiger partial charge in [-0.1, -0.05) is 12.1 Å². The number of anilines is 1. The average Bonchev–Trinajstić information content (AvgIpc) is 2.57. The third-order valence-electron chi connectivity index (χ3n) is 3.55. The molecule has 2 aromatic carbocycles. The third kappa shape index (κ3) is 5.59. The van der Waals surface area contributed by atoms with Gasteiger partial charge in [0.05, 0.1) is 20.8 Å². The van der Waals surface area contributed by atoms with E-state index < -0.39 is 0 Å². The summed E-state index contributed by atoms with van der Waals surface area (Å²) in [6.07, 6.45) is 0. The molecule has 0 aliphatic rings. The maximum absolute atomic E-state index is 12.2. The number of methoxy groups -OCH3 is 1. The minimum Gasteiger partial charge on any atom is -0.497 e. The molecule has 0 bridgehead atoms. The largest absolute Gasteiger partial charge is 0.497 e. The number of nitrogens with one attached hydrogen (secondary N) is 2. The third-order valence-corrected chi connectivity index (χ3v) is 3.55. The van der Waals surface area contributed by atoms with Gasteiger partial charge in [-0.2, -0.15) is 0 Å². The van der Waals surface area contributed by atoms with Crippen molar-refractivity contribution in [2.45, 2.75) is 13.5 Å². The second-order valence-corrected chi connectivity index (χ2v) is 5.67. The lowest BCUT2D eigenvalue weighted by Gasteiger charge is -2.14. The zero-order valence-corrected chi connectivity index (χ0v) is 14.5. The van der Waals surface area contributed by atoms with E-state index in [1.807, 2.05) is 62.5 Å². The molecule has 128 valence electrons. The first-order valence-corrected chi connectivity index (χ1v) is 8.07. The van der Waals surface area contributed by atoms with Gasteiger partial charge < -0.3 is 19.7 Å². The van der Waals surface area contributed by atoms with Crippen LogP contribution in [0, 0.1) is 0 Å². The summed E-state index contributed by atoms with van der Waals surface area (Å²) in [4.78, 5) is 13.3. The maximum atomic E-state index is 12.2. The van der Waals surface area contributed by atoms with Gasteiger partial charge in [-0.3, -0.25) is 4.79 Å². The van der Waals surface area contributed by atoms with Crippen molar-refractivity contribution in [1.82, 2.24) is 0 Å². The number of rotatable bonds is 8. The van der Waals surface area contributed by atoms with Gasteiger partial charge in [-0.15, -0.1) is 0 Å². The van der Waals surface area contributed by atoms with Gasteiger partial charge in [-0.25, -0.2) is 0 Å². The molecular formula is C19H25N2O3+. The van der Waals surface area contributed by atoms with E-state index in [1.54, 1.807) is 7.11 Å². The molecule has 24 heavy (non-hydrogen) atoms. The van der Waals surface area contributed by atoms with Crippen LogP contribution < -0.4 is 19.7 Å². The summed E-state index contributed by atoms with van der Waals surface area (Å²) in [5.41, 5.74) is 1.92. The lowest BCUT2D eigenvalue weighted by atomic mass is 10.2. The van der Waals surface area contributed by atoms with Crippen LogP contribution in [0.3, 0.4) is 0 Å². The number of carbonyl (C=O) groups excluding carboxylic acids is 1. The van der Waals surface area contributed by atoms with E-state index in [9.17, 15) is 4.79 Å². The van der Waals surface area contributed by atoms with Crippen LogP contribution in [0.1, 0.15) is 12.5 Å². The number of benzene rings is 2. The summed E-state index contributed by atoms with van der Waals surface area (Å²) in [7, 11) is 3.65. The first kappa shape index (κ1) is 17.8. The fourth-order valence-corrected chi connectivity index (χ4v) is 2.47. The highest BCUT2D eigenvalue weighted by molar-refractivity contribution is 5.91. The Kier molecular flexibility index (Phi) is 6.63. The standard InChI is InChI=1S/C19H24N2O3/c1-4-24-17-10-8-16(9-11-17)20-19(22)14-21(2)13-15-6-5-7-18(12-15)23-3/h5-12H,4,13-14H2,1-3H3,(H,20,22)/p+1. The zero-order chi connectivity index (χ0) is 17.4. The topological polar surface area (TPSA) is 52.0 Å². The molecule has 1 amide bonds. The van der Waals surface area contributed by atoms with E-state index in [1.165, 1.54) is 0 Å². The lowest BCUT2D eigenvalue weighted by Crippen LogP contribution is -3.08. The predicted molar refractivity (Wildman–Crippen MR) is 94.7 cm³/mol. The number of amides is 1. The van der Waals surface area contributed by atoms with Crippen LogP contribution in [-0.4, -0.2) is 33.2 Å². The molecule has 0 fully saturated rings. The summed E-state index contributed by atoms with van der Waals surface area (Å²) in [6.45, 7) is 3.72. The zero-order valence-electron chi connectivity index (χ0n) is 14.5. The molecule has 0 aromatic heterocycles. The number of carbonyl (C=O) groups is 1. The first-order chi connectivity index (χ1) is 11.6. The van der Waals surface area contributed by atoms with Gasteiger partial charge in [0.1, 0.15) is 18.0 Å². The quantitative estimate of drug-likeness (QED) is 0.776. The molecule has 2 N–H and O–H groups in total. The van der Waals surface area contributed by atoms with Crippen molar-refractivity contribution in [2.24, 2.45) is 0 Å². The van der Waals surface area contributed by atoms with Crippen molar-refractivity contribution in [3.05, 3.63) is 54.1 Å². The fraction of sp³-hybridized carbons (Fsp3) is 0.316. The van der Waals surface area contributed by atoms with Crippen molar-refractivity contribution in [3.8, 4) is 11.5 Å². The van der Waals surface area contributed by atoms with E-state index in [-0.39, 0.29) is 5.91 Å². The Hall–Kier alpha value is -2.53. The van der Waals surface area contributed by atoms with Crippen LogP contribution in [0.5, 0.6) is 11.5 Å². The molecule has 0 heterocycles. The minimum atomic E-state index is -0.0143. The van der Waals surface area contributed by atoms with Crippen LogP contribution >= 0.6 is 0 Å². The van der Waals surface area contributed by atoms with E-state index in [4.69, 9.17) is 9.47 Å². The Morgan fingerprint density at radius 1 is 1.12 bits per heavy atom. The van der Waals surface area contributed by atoms with Crippen LogP contribution in [0.4, 0.5) is 5.69 Å². The summed E-state index contributed by atoms with van der Waals surface area (Å²) in [5, 5.41) is 2.91. The number of hydrogen-bond donors (Lipinski definition) is 2. The highest BCUT2D eigenvalue weighted by atomic mass is 16.5. The van der Waals surface area contributed by atoms with Crippen molar-refractivity contribution in [1.29, 1.82) is 0 Å². The summed E-state index contributed by atoms with van der Waals surface area (Å²) in [5.74, 6) is 1.62. The lowest BCUT2D eigenvalue weighted by molar-refractivity contribution is -0.885. The smallest absolute Gasteiger partial charge is 0.279 e. The van der Waals surface area contributed by atoms with Gasteiger partial charge in [0, 0.05) is 11.3 Å². The van der Waals surface area contributed by atoms with Gasteiger partial charge in [0.2, 0.25) is 0 Å². The molecular weight excluding hydrogens is 304 g/mol. The Morgan fingerprint density at radius 2 is 1.88 bits per heavy atom. The minimum absolute atomic E-state index is 0.0143. The number of hydrogen-bond acceptors (Lipinski definition) is 3. The molecule has 5 nitrogen and oxygen atoms in total. The Labute approximate surface area is 143 Å². The van der Waals surface area contributed by atoms with Gasteiger partial charge in [0.25, 0.3) is 5.91 Å². The molecule has 0 saturated carbocycles. The van der Waals surface area contributed by atoms with Gasteiger partial charge in [-0.05, 0) is 43.3 Å². The van der Waals surface area contributed by atoms with E-state index >= 15 is 0 Å². The molecule has 0 saturated heterocycles. The number of likely N-dealkylation sites (N-methyl/N-ethyl adjacent to an activating group) is 1. The summed E-state index contributed by atoms with van der Waals surface area (Å²) in [6, 6.07) is 15.3. The molecule has 0 aliphatic heterocycles.